The van der Waals surface area contributed by atoms with Crippen LogP contribution >= 0.6 is 0 Å². The number of nitro groups is 1. The van der Waals surface area contributed by atoms with Crippen molar-refractivity contribution in [3.63, 3.8) is 0 Å². The van der Waals surface area contributed by atoms with Gasteiger partial charge in [-0.15, -0.1) is 0 Å². The zero-order valence-electron chi connectivity index (χ0n) is 16.5. The monoisotopic (exact) mass is 404 g/mol. The smallest absolute Gasteiger partial charge is 0.355 e. The molecule has 156 valence electrons. The molecule has 0 spiro atoms. The molecule has 1 amide bonds. The highest BCUT2D eigenvalue weighted by Crippen LogP contribution is 2.31. The van der Waals surface area contributed by atoms with Crippen LogP contribution in [0, 0.1) is 17.0 Å². The Labute approximate surface area is 168 Å². The molecule has 0 fully saturated rings. The Morgan fingerprint density at radius 1 is 1.17 bits per heavy atom. The van der Waals surface area contributed by atoms with Crippen LogP contribution in [0.4, 0.5) is 17.3 Å². The Morgan fingerprint density at radius 2 is 1.83 bits per heavy atom. The lowest BCUT2D eigenvalue weighted by Gasteiger charge is -2.23. The third-order valence-electron chi connectivity index (χ3n) is 4.10. The minimum absolute atomic E-state index is 0.103. The molecule has 0 radical (unpaired) electrons. The maximum atomic E-state index is 12.4. The van der Waals surface area contributed by atoms with Crippen LogP contribution in [0.15, 0.2) is 30.6 Å². The molecule has 0 atom stereocenters. The van der Waals surface area contributed by atoms with E-state index in [1.807, 2.05) is 6.07 Å². The molecule has 2 aromatic rings. The Balaban J connectivity index is 2.28. The van der Waals surface area contributed by atoms with E-state index >= 15 is 0 Å². The molecule has 0 unspecified atom stereocenters. The van der Waals surface area contributed by atoms with Crippen molar-refractivity contribution in [2.24, 2.45) is 0 Å². The van der Waals surface area contributed by atoms with Crippen molar-refractivity contribution in [1.82, 2.24) is 15.4 Å². The second-order valence-corrected chi connectivity index (χ2v) is 6.02. The van der Waals surface area contributed by atoms with Crippen molar-refractivity contribution in [3.8, 4) is 0 Å². The van der Waals surface area contributed by atoms with Gasteiger partial charge in [0.2, 0.25) is 11.6 Å². The second kappa shape index (κ2) is 10.9. The van der Waals surface area contributed by atoms with Crippen molar-refractivity contribution in [3.05, 3.63) is 51.8 Å². The number of hydrogen-bond acceptors (Lipinski definition) is 9. The van der Waals surface area contributed by atoms with Gasteiger partial charge in [-0.25, -0.2) is 9.97 Å². The summed E-state index contributed by atoms with van der Waals surface area (Å²) in [6.45, 7) is 3.22. The van der Waals surface area contributed by atoms with Crippen LogP contribution in [0.3, 0.4) is 0 Å². The molecule has 11 heteroatoms. The van der Waals surface area contributed by atoms with Gasteiger partial charge in [0.25, 0.3) is 5.91 Å². The summed E-state index contributed by atoms with van der Waals surface area (Å²) in [6, 6.07) is 7.00. The molecule has 11 nitrogen and oxygen atoms in total. The van der Waals surface area contributed by atoms with E-state index in [-0.39, 0.29) is 17.3 Å². The molecule has 2 N–H and O–H groups in total. The van der Waals surface area contributed by atoms with Crippen LogP contribution in [0.25, 0.3) is 0 Å². The highest BCUT2D eigenvalue weighted by atomic mass is 16.6. The lowest BCUT2D eigenvalue weighted by Crippen LogP contribution is -2.33. The average molecular weight is 404 g/mol. The number of aryl methyl sites for hydroxylation is 1. The number of benzene rings is 1. The van der Waals surface area contributed by atoms with Gasteiger partial charge in [-0.1, -0.05) is 18.2 Å². The van der Waals surface area contributed by atoms with Gasteiger partial charge in [-0.2, -0.15) is 0 Å². The van der Waals surface area contributed by atoms with E-state index in [1.54, 1.807) is 30.0 Å². The molecule has 0 saturated heterocycles. The van der Waals surface area contributed by atoms with Crippen LogP contribution in [-0.4, -0.2) is 61.3 Å². The lowest BCUT2D eigenvalue weighted by atomic mass is 10.1. The maximum absolute atomic E-state index is 12.4. The van der Waals surface area contributed by atoms with Crippen LogP contribution in [0.1, 0.15) is 15.9 Å². The van der Waals surface area contributed by atoms with Crippen molar-refractivity contribution in [2.45, 2.75) is 6.92 Å². The lowest BCUT2D eigenvalue weighted by molar-refractivity contribution is -0.383. The summed E-state index contributed by atoms with van der Waals surface area (Å²) in [4.78, 5) is 33.2. The Bertz CT molecular complexity index is 839. The number of anilines is 2. The Hall–Kier alpha value is -3.31. The Kier molecular flexibility index (Phi) is 8.25. The predicted molar refractivity (Wildman–Crippen MR) is 107 cm³/mol. The number of nitrogens with zero attached hydrogens (tertiary/aromatic N) is 4. The Morgan fingerprint density at radius 3 is 2.41 bits per heavy atom. The molecular formula is C18H24N6O5. The maximum Gasteiger partial charge on any atom is 0.355 e. The molecule has 0 aliphatic carbocycles. The number of hydrogen-bond donors (Lipinski definition) is 2. The van der Waals surface area contributed by atoms with E-state index in [4.69, 9.17) is 9.47 Å². The number of nitrogens with one attached hydrogen (secondary N) is 2. The zero-order chi connectivity index (χ0) is 21.2. The van der Waals surface area contributed by atoms with Crippen LogP contribution in [-0.2, 0) is 9.47 Å². The van der Waals surface area contributed by atoms with Gasteiger partial charge < -0.3 is 14.4 Å². The SMILES string of the molecule is COCCN(CCOC)c1ncnc(NNC(=O)c2ccccc2C)c1[N+](=O)[O-]. The first-order valence-corrected chi connectivity index (χ1v) is 8.83. The van der Waals surface area contributed by atoms with E-state index in [1.165, 1.54) is 20.5 Å². The summed E-state index contributed by atoms with van der Waals surface area (Å²) in [5, 5.41) is 11.7. The van der Waals surface area contributed by atoms with E-state index < -0.39 is 10.8 Å². The fourth-order valence-corrected chi connectivity index (χ4v) is 2.60. The molecule has 1 heterocycles. The molecular weight excluding hydrogens is 380 g/mol. The molecule has 1 aromatic carbocycles. The average Bonchev–Trinajstić information content (AvgIpc) is 2.72. The standard InChI is InChI=1S/C18H24N6O5/c1-13-6-4-5-7-14(13)18(25)22-21-16-15(24(26)27)17(20-12-19-16)23(8-10-28-2)9-11-29-3/h4-7,12H,8-11H2,1-3H3,(H,22,25)(H,19,20,21). The number of carbonyl (C=O) groups is 1. The fraction of sp³-hybridized carbons (Fsp3) is 0.389. The van der Waals surface area contributed by atoms with Gasteiger partial charge in [0, 0.05) is 32.9 Å². The zero-order valence-corrected chi connectivity index (χ0v) is 16.5. The summed E-state index contributed by atoms with van der Waals surface area (Å²) in [5.41, 5.74) is 5.86. The van der Waals surface area contributed by atoms with Crippen LogP contribution in [0.2, 0.25) is 0 Å². The number of ether oxygens (including phenoxy) is 2. The van der Waals surface area contributed by atoms with Gasteiger partial charge in [0.15, 0.2) is 0 Å². The summed E-state index contributed by atoms with van der Waals surface area (Å²) >= 11 is 0. The molecule has 1 aromatic heterocycles. The number of hydrazine groups is 1. The summed E-state index contributed by atoms with van der Waals surface area (Å²) in [5.74, 6) is -0.457. The minimum Gasteiger partial charge on any atom is -0.383 e. The normalized spacial score (nSPS) is 10.4. The summed E-state index contributed by atoms with van der Waals surface area (Å²) < 4.78 is 10.2. The molecule has 0 aliphatic rings. The molecule has 0 aliphatic heterocycles. The van der Waals surface area contributed by atoms with Gasteiger partial charge in [-0.3, -0.25) is 25.8 Å². The first-order chi connectivity index (χ1) is 14.0. The number of rotatable bonds is 11. The third kappa shape index (κ3) is 5.83. The quantitative estimate of drug-likeness (QED) is 0.423. The van der Waals surface area contributed by atoms with Crippen LogP contribution < -0.4 is 15.8 Å². The second-order valence-electron chi connectivity index (χ2n) is 6.02. The first kappa shape index (κ1) is 22.0. The first-order valence-electron chi connectivity index (χ1n) is 8.83. The number of methoxy groups -OCH3 is 2. The highest BCUT2D eigenvalue weighted by molar-refractivity contribution is 5.96. The van der Waals surface area contributed by atoms with Crippen LogP contribution in [0.5, 0.6) is 0 Å². The summed E-state index contributed by atoms with van der Waals surface area (Å²) in [6.07, 6.45) is 1.19. The molecule has 0 saturated carbocycles. The molecule has 2 rings (SSSR count). The van der Waals surface area contributed by atoms with E-state index in [9.17, 15) is 14.9 Å². The van der Waals surface area contributed by atoms with Gasteiger partial charge in [0.1, 0.15) is 6.33 Å². The topological polar surface area (TPSA) is 132 Å². The van der Waals surface area contributed by atoms with Crippen molar-refractivity contribution in [1.29, 1.82) is 0 Å². The molecule has 0 bridgehead atoms. The van der Waals surface area contributed by atoms with Crippen molar-refractivity contribution >= 4 is 23.2 Å². The van der Waals surface area contributed by atoms with Crippen molar-refractivity contribution < 1.29 is 19.2 Å². The van der Waals surface area contributed by atoms with Gasteiger partial charge in [-0.05, 0) is 18.6 Å². The van der Waals surface area contributed by atoms with E-state index in [0.717, 1.165) is 5.56 Å². The molecule has 29 heavy (non-hydrogen) atoms. The number of carbonyl (C=O) groups excluding carboxylic acids is 1. The minimum atomic E-state index is -0.593. The number of amides is 1. The third-order valence-corrected chi connectivity index (χ3v) is 4.10. The summed E-state index contributed by atoms with van der Waals surface area (Å²) in [7, 11) is 3.08. The highest BCUT2D eigenvalue weighted by Gasteiger charge is 2.27. The van der Waals surface area contributed by atoms with Gasteiger partial charge in [0.05, 0.1) is 18.1 Å². The van der Waals surface area contributed by atoms with Crippen molar-refractivity contribution in [2.75, 3.05) is 50.8 Å². The predicted octanol–water partition coefficient (Wildman–Crippen LogP) is 1.55. The number of aromatic nitrogens is 2. The van der Waals surface area contributed by atoms with E-state index in [0.29, 0.717) is 31.9 Å². The largest absolute Gasteiger partial charge is 0.383 e. The van der Waals surface area contributed by atoms with E-state index in [2.05, 4.69) is 20.8 Å². The van der Waals surface area contributed by atoms with Gasteiger partial charge >= 0.3 is 5.69 Å². The fourth-order valence-electron chi connectivity index (χ4n) is 2.60.